The van der Waals surface area contributed by atoms with Crippen LogP contribution in [0.4, 0.5) is 5.82 Å². The van der Waals surface area contributed by atoms with E-state index in [0.717, 1.165) is 31.5 Å². The summed E-state index contributed by atoms with van der Waals surface area (Å²) in [6.45, 7) is 2.33. The average molecular weight is 396 g/mol. The Bertz CT molecular complexity index is 991. The molecule has 4 heterocycles. The van der Waals surface area contributed by atoms with Gasteiger partial charge in [0.2, 0.25) is 11.6 Å². The van der Waals surface area contributed by atoms with Gasteiger partial charge >= 0.3 is 0 Å². The van der Waals surface area contributed by atoms with Crippen LogP contribution in [0, 0.1) is 0 Å². The number of nitrogen functional groups attached to an aromatic ring is 1. The first kappa shape index (κ1) is 18.7. The van der Waals surface area contributed by atoms with E-state index in [9.17, 15) is 4.79 Å². The van der Waals surface area contributed by atoms with Gasteiger partial charge in [-0.05, 0) is 53.9 Å². The molecule has 0 bridgehead atoms. The Morgan fingerprint density at radius 1 is 1.24 bits per heavy atom. The highest BCUT2D eigenvalue weighted by Crippen LogP contribution is 2.19. The van der Waals surface area contributed by atoms with Gasteiger partial charge in [0, 0.05) is 18.9 Å². The summed E-state index contributed by atoms with van der Waals surface area (Å²) in [4.78, 5) is 18.9. The minimum Gasteiger partial charge on any atom is -0.378 e. The Balaban J connectivity index is 1.58. The van der Waals surface area contributed by atoms with E-state index in [0.29, 0.717) is 12.2 Å². The third-order valence-corrected chi connectivity index (χ3v) is 4.58. The maximum Gasteiger partial charge on any atom is 0.293 e. The van der Waals surface area contributed by atoms with Crippen molar-refractivity contribution in [3.05, 3.63) is 41.5 Å². The van der Waals surface area contributed by atoms with Gasteiger partial charge in [0.25, 0.3) is 5.91 Å². The third kappa shape index (κ3) is 4.27. The standard InChI is InChI=1S/C17H20N10O2/c18-15-16(24-29-23-15)27-13(11-26-8-2-1-3-9-26)14(21-25-27)17(28)22-20-10-12-4-6-19-7-5-12/h4-7,10H,1-3,8-9,11H2,(H2,18,23)(H,22,28)/b20-10-. The lowest BCUT2D eigenvalue weighted by molar-refractivity contribution is 0.0947. The van der Waals surface area contributed by atoms with E-state index in [1.807, 2.05) is 0 Å². The summed E-state index contributed by atoms with van der Waals surface area (Å²) < 4.78 is 6.06. The first-order chi connectivity index (χ1) is 14.2. The minimum atomic E-state index is -0.483. The van der Waals surface area contributed by atoms with Gasteiger partial charge in [-0.3, -0.25) is 14.7 Å². The molecular weight excluding hydrogens is 376 g/mol. The van der Waals surface area contributed by atoms with Gasteiger partial charge in [0.05, 0.1) is 11.9 Å². The Kier molecular flexibility index (Phi) is 5.52. The maximum absolute atomic E-state index is 12.7. The lowest BCUT2D eigenvalue weighted by Crippen LogP contribution is -2.31. The highest BCUT2D eigenvalue weighted by atomic mass is 16.6. The molecule has 12 heteroatoms. The van der Waals surface area contributed by atoms with E-state index in [-0.39, 0.29) is 17.3 Å². The molecule has 1 saturated heterocycles. The van der Waals surface area contributed by atoms with Gasteiger partial charge in [-0.15, -0.1) is 5.10 Å². The molecule has 0 aliphatic carbocycles. The van der Waals surface area contributed by atoms with Gasteiger partial charge in [0.15, 0.2) is 5.69 Å². The Hall–Kier alpha value is -3.67. The van der Waals surface area contributed by atoms with Crippen LogP contribution in [0.5, 0.6) is 0 Å². The number of piperidine rings is 1. The van der Waals surface area contributed by atoms with Gasteiger partial charge in [-0.25, -0.2) is 10.1 Å². The average Bonchev–Trinajstić information content (AvgIpc) is 3.35. The summed E-state index contributed by atoms with van der Waals surface area (Å²) in [6.07, 6.45) is 8.21. The van der Waals surface area contributed by atoms with Crippen LogP contribution in [0.25, 0.3) is 5.82 Å². The lowest BCUT2D eigenvalue weighted by Gasteiger charge is -2.26. The molecule has 12 nitrogen and oxygen atoms in total. The van der Waals surface area contributed by atoms with Gasteiger partial charge in [0.1, 0.15) is 0 Å². The Morgan fingerprint density at radius 2 is 2.03 bits per heavy atom. The number of hydrogen-bond acceptors (Lipinski definition) is 10. The summed E-state index contributed by atoms with van der Waals surface area (Å²) in [5.41, 5.74) is 9.78. The second kappa shape index (κ2) is 8.56. The Labute approximate surface area is 165 Å². The topological polar surface area (TPSA) is 153 Å². The highest BCUT2D eigenvalue weighted by molar-refractivity contribution is 5.94. The van der Waals surface area contributed by atoms with Crippen molar-refractivity contribution in [2.24, 2.45) is 5.10 Å². The fourth-order valence-electron chi connectivity index (χ4n) is 3.13. The predicted molar refractivity (Wildman–Crippen MR) is 102 cm³/mol. The predicted octanol–water partition coefficient (Wildman–Crippen LogP) is 0.377. The molecule has 0 radical (unpaired) electrons. The Morgan fingerprint density at radius 3 is 2.76 bits per heavy atom. The van der Waals surface area contributed by atoms with Crippen LogP contribution in [0.3, 0.4) is 0 Å². The van der Waals surface area contributed by atoms with Crippen LogP contribution >= 0.6 is 0 Å². The second-order valence-electron chi connectivity index (χ2n) is 6.59. The van der Waals surface area contributed by atoms with Gasteiger partial charge in [-0.1, -0.05) is 11.6 Å². The molecular formula is C17H20N10O2. The molecule has 0 aromatic carbocycles. The van der Waals surface area contributed by atoms with Crippen LogP contribution < -0.4 is 11.2 Å². The molecule has 1 aliphatic heterocycles. The molecule has 0 saturated carbocycles. The van der Waals surface area contributed by atoms with Crippen LogP contribution in [0.1, 0.15) is 41.0 Å². The number of amides is 1. The normalized spacial score (nSPS) is 15.0. The molecule has 1 fully saturated rings. The zero-order valence-electron chi connectivity index (χ0n) is 15.6. The summed E-state index contributed by atoms with van der Waals surface area (Å²) in [6, 6.07) is 3.54. The number of pyridine rings is 1. The lowest BCUT2D eigenvalue weighted by atomic mass is 10.1. The molecule has 0 unspecified atom stereocenters. The number of nitrogens with zero attached hydrogens (tertiary/aromatic N) is 8. The first-order valence-electron chi connectivity index (χ1n) is 9.21. The van der Waals surface area contributed by atoms with E-state index in [1.165, 1.54) is 17.3 Å². The molecule has 3 N–H and O–H groups in total. The van der Waals surface area contributed by atoms with Crippen molar-refractivity contribution in [3.8, 4) is 5.82 Å². The monoisotopic (exact) mass is 396 g/mol. The van der Waals surface area contributed by atoms with Crippen molar-refractivity contribution in [3.63, 3.8) is 0 Å². The first-order valence-corrected chi connectivity index (χ1v) is 9.21. The minimum absolute atomic E-state index is 0.0671. The van der Waals surface area contributed by atoms with Crippen molar-refractivity contribution in [2.75, 3.05) is 18.8 Å². The van der Waals surface area contributed by atoms with Crippen molar-refractivity contribution < 1.29 is 9.42 Å². The molecule has 29 heavy (non-hydrogen) atoms. The number of carbonyl (C=O) groups excluding carboxylic acids is 1. The van der Waals surface area contributed by atoms with Crippen LogP contribution in [0.15, 0.2) is 34.3 Å². The second-order valence-corrected chi connectivity index (χ2v) is 6.59. The van der Waals surface area contributed by atoms with Crippen LogP contribution in [-0.2, 0) is 6.54 Å². The number of hydrogen-bond donors (Lipinski definition) is 2. The fourth-order valence-corrected chi connectivity index (χ4v) is 3.13. The highest BCUT2D eigenvalue weighted by Gasteiger charge is 2.26. The quantitative estimate of drug-likeness (QED) is 0.444. The number of nitrogens with two attached hydrogens (primary N) is 1. The van der Waals surface area contributed by atoms with E-state index in [4.69, 9.17) is 5.73 Å². The summed E-state index contributed by atoms with van der Waals surface area (Å²) in [7, 11) is 0. The molecule has 1 amide bonds. The maximum atomic E-state index is 12.7. The SMILES string of the molecule is Nc1nonc1-n1nnc(C(=O)N/N=C\c2ccncc2)c1CN1CCCCC1. The molecule has 0 spiro atoms. The summed E-state index contributed by atoms with van der Waals surface area (Å²) >= 11 is 0. The number of hydrazone groups is 1. The van der Waals surface area contributed by atoms with Gasteiger partial charge in [-0.2, -0.15) is 9.78 Å². The van der Waals surface area contributed by atoms with Crippen LogP contribution in [0.2, 0.25) is 0 Å². The van der Waals surface area contributed by atoms with E-state index >= 15 is 0 Å². The third-order valence-electron chi connectivity index (χ3n) is 4.58. The number of nitrogens with one attached hydrogen (secondary N) is 1. The van der Waals surface area contributed by atoms with Crippen molar-refractivity contribution >= 4 is 17.9 Å². The van der Waals surface area contributed by atoms with Crippen molar-refractivity contribution in [1.29, 1.82) is 0 Å². The van der Waals surface area contributed by atoms with Crippen LogP contribution in [-0.4, -0.2) is 60.4 Å². The van der Waals surface area contributed by atoms with E-state index < -0.39 is 5.91 Å². The molecule has 4 rings (SSSR count). The zero-order valence-corrected chi connectivity index (χ0v) is 15.6. The van der Waals surface area contributed by atoms with Crippen molar-refractivity contribution in [1.82, 2.24) is 40.6 Å². The number of likely N-dealkylation sites (tertiary alicyclic amines) is 1. The summed E-state index contributed by atoms with van der Waals surface area (Å²) in [5, 5.41) is 19.4. The molecule has 0 atom stereocenters. The number of rotatable bonds is 6. The van der Waals surface area contributed by atoms with E-state index in [1.54, 1.807) is 24.5 Å². The van der Waals surface area contributed by atoms with Crippen molar-refractivity contribution in [2.45, 2.75) is 25.8 Å². The zero-order chi connectivity index (χ0) is 20.1. The number of anilines is 1. The number of carbonyl (C=O) groups is 1. The van der Waals surface area contributed by atoms with E-state index in [2.05, 4.69) is 45.7 Å². The molecule has 150 valence electrons. The molecule has 3 aromatic rings. The molecule has 3 aromatic heterocycles. The summed E-state index contributed by atoms with van der Waals surface area (Å²) in [5.74, 6) is -0.218. The molecule has 1 aliphatic rings. The van der Waals surface area contributed by atoms with Gasteiger partial charge < -0.3 is 5.73 Å². The largest absolute Gasteiger partial charge is 0.378 e. The number of aromatic nitrogens is 6. The smallest absolute Gasteiger partial charge is 0.293 e. The fraction of sp³-hybridized carbons (Fsp3) is 0.353.